The van der Waals surface area contributed by atoms with E-state index in [4.69, 9.17) is 0 Å². The van der Waals surface area contributed by atoms with Gasteiger partial charge in [0.1, 0.15) is 0 Å². The zero-order valence-electron chi connectivity index (χ0n) is 12.3. The minimum absolute atomic E-state index is 0.788. The Hall–Kier alpha value is -0.680. The first kappa shape index (κ1) is 15.2. The lowest BCUT2D eigenvalue weighted by molar-refractivity contribution is 0.322. The van der Waals surface area contributed by atoms with Crippen molar-refractivity contribution in [2.75, 3.05) is 7.05 Å². The van der Waals surface area contributed by atoms with E-state index in [1.807, 2.05) is 11.3 Å². The van der Waals surface area contributed by atoms with Gasteiger partial charge in [0.2, 0.25) is 0 Å². The van der Waals surface area contributed by atoms with Crippen LogP contribution in [0.3, 0.4) is 0 Å². The van der Waals surface area contributed by atoms with Crippen LogP contribution in [0, 0.1) is 0 Å². The topological polar surface area (TPSA) is 15.3 Å². The van der Waals surface area contributed by atoms with Crippen LogP contribution in [0.25, 0.3) is 0 Å². The summed E-state index contributed by atoms with van der Waals surface area (Å²) in [5.41, 5.74) is 1.35. The summed E-state index contributed by atoms with van der Waals surface area (Å²) in [6.45, 7) is 3.04. The van der Waals surface area contributed by atoms with Crippen LogP contribution in [0.4, 0.5) is 0 Å². The predicted octanol–water partition coefficient (Wildman–Crippen LogP) is 4.39. The highest BCUT2D eigenvalue weighted by molar-refractivity contribution is 9.10. The van der Waals surface area contributed by atoms with E-state index in [9.17, 15) is 0 Å². The molecule has 1 aromatic carbocycles. The van der Waals surface area contributed by atoms with Gasteiger partial charge in [-0.15, -0.1) is 11.3 Å². The summed E-state index contributed by atoms with van der Waals surface area (Å²) >= 11 is 5.41. The van der Waals surface area contributed by atoms with Crippen molar-refractivity contribution >= 4 is 27.3 Å². The van der Waals surface area contributed by atoms with E-state index in [2.05, 4.69) is 69.6 Å². The van der Waals surface area contributed by atoms with Crippen LogP contribution in [0.15, 0.2) is 40.9 Å². The fraction of sp³-hybridized carbons (Fsp3) is 0.412. The van der Waals surface area contributed by atoms with Gasteiger partial charge in [0, 0.05) is 39.9 Å². The molecule has 0 aliphatic heterocycles. The summed E-state index contributed by atoms with van der Waals surface area (Å²) in [7, 11) is 2.18. The van der Waals surface area contributed by atoms with Gasteiger partial charge in [-0.3, -0.25) is 4.90 Å². The third kappa shape index (κ3) is 4.92. The summed E-state index contributed by atoms with van der Waals surface area (Å²) in [5.74, 6) is 0. The Kier molecular flexibility index (Phi) is 5.11. The highest BCUT2D eigenvalue weighted by Gasteiger charge is 2.20. The average Bonchev–Trinajstić information content (AvgIpc) is 3.19. The maximum atomic E-state index is 3.58. The van der Waals surface area contributed by atoms with Crippen molar-refractivity contribution < 1.29 is 0 Å². The highest BCUT2D eigenvalue weighted by atomic mass is 79.9. The van der Waals surface area contributed by atoms with Gasteiger partial charge in [-0.1, -0.05) is 28.1 Å². The van der Waals surface area contributed by atoms with Crippen LogP contribution < -0.4 is 5.32 Å². The third-order valence-corrected chi connectivity index (χ3v) is 5.25. The standard InChI is InChI=1S/C17H21BrN2S/c1-20(11-13-2-4-14(18)5-3-13)12-17-9-8-16(21-17)10-19-15-6-7-15/h2-5,8-9,15,19H,6-7,10-12H2,1H3. The number of nitrogens with one attached hydrogen (secondary N) is 1. The number of hydrogen-bond donors (Lipinski definition) is 1. The summed E-state index contributed by atoms with van der Waals surface area (Å²) in [5, 5.41) is 3.58. The average molecular weight is 365 g/mol. The molecule has 1 N–H and O–H groups in total. The predicted molar refractivity (Wildman–Crippen MR) is 93.5 cm³/mol. The molecule has 0 amide bonds. The Morgan fingerprint density at radius 3 is 2.52 bits per heavy atom. The van der Waals surface area contributed by atoms with Crippen molar-refractivity contribution in [2.45, 2.75) is 38.5 Å². The summed E-state index contributed by atoms with van der Waals surface area (Å²) in [6, 6.07) is 13.9. The van der Waals surface area contributed by atoms with Gasteiger partial charge < -0.3 is 5.32 Å². The first-order chi connectivity index (χ1) is 10.2. The lowest BCUT2D eigenvalue weighted by atomic mass is 10.2. The van der Waals surface area contributed by atoms with E-state index in [0.717, 1.165) is 30.1 Å². The molecule has 1 aliphatic carbocycles. The second kappa shape index (κ2) is 7.05. The Labute approximate surface area is 139 Å². The van der Waals surface area contributed by atoms with Gasteiger partial charge in [-0.25, -0.2) is 0 Å². The molecule has 21 heavy (non-hydrogen) atoms. The van der Waals surface area contributed by atoms with Gasteiger partial charge in [0.15, 0.2) is 0 Å². The fourth-order valence-corrected chi connectivity index (χ4v) is 3.67. The lowest BCUT2D eigenvalue weighted by Gasteiger charge is -2.15. The zero-order chi connectivity index (χ0) is 14.7. The number of thiophene rings is 1. The van der Waals surface area contributed by atoms with E-state index in [1.165, 1.54) is 28.2 Å². The molecule has 0 atom stereocenters. The van der Waals surface area contributed by atoms with Gasteiger partial charge in [-0.2, -0.15) is 0 Å². The molecule has 2 nitrogen and oxygen atoms in total. The van der Waals surface area contributed by atoms with Crippen LogP contribution in [-0.4, -0.2) is 18.0 Å². The van der Waals surface area contributed by atoms with Crippen molar-refractivity contribution in [2.24, 2.45) is 0 Å². The van der Waals surface area contributed by atoms with Gasteiger partial charge >= 0.3 is 0 Å². The van der Waals surface area contributed by atoms with E-state index in [1.54, 1.807) is 0 Å². The molecular weight excluding hydrogens is 344 g/mol. The summed E-state index contributed by atoms with van der Waals surface area (Å²) < 4.78 is 1.14. The van der Waals surface area contributed by atoms with Gasteiger partial charge in [-0.05, 0) is 49.7 Å². The van der Waals surface area contributed by atoms with E-state index < -0.39 is 0 Å². The molecule has 3 rings (SSSR count). The Morgan fingerprint density at radius 2 is 1.81 bits per heavy atom. The second-order valence-electron chi connectivity index (χ2n) is 5.82. The molecule has 1 heterocycles. The molecule has 0 saturated heterocycles. The van der Waals surface area contributed by atoms with Crippen molar-refractivity contribution in [3.05, 3.63) is 56.2 Å². The molecule has 4 heteroatoms. The first-order valence-corrected chi connectivity index (χ1v) is 9.04. The SMILES string of the molecule is CN(Cc1ccc(Br)cc1)Cc1ccc(CNC2CC2)s1. The van der Waals surface area contributed by atoms with Crippen LogP contribution >= 0.6 is 27.3 Å². The van der Waals surface area contributed by atoms with Gasteiger partial charge in [0.05, 0.1) is 0 Å². The van der Waals surface area contributed by atoms with Gasteiger partial charge in [0.25, 0.3) is 0 Å². The molecule has 0 radical (unpaired) electrons. The normalized spacial score (nSPS) is 14.8. The molecule has 1 aliphatic rings. The highest BCUT2D eigenvalue weighted by Crippen LogP contribution is 2.22. The van der Waals surface area contributed by atoms with E-state index >= 15 is 0 Å². The van der Waals surface area contributed by atoms with Crippen LogP contribution in [0.2, 0.25) is 0 Å². The quantitative estimate of drug-likeness (QED) is 0.783. The Balaban J connectivity index is 1.49. The van der Waals surface area contributed by atoms with E-state index in [-0.39, 0.29) is 0 Å². The number of halogens is 1. The largest absolute Gasteiger partial charge is 0.309 e. The van der Waals surface area contributed by atoms with Crippen LogP contribution in [-0.2, 0) is 19.6 Å². The first-order valence-electron chi connectivity index (χ1n) is 7.43. The molecular formula is C17H21BrN2S. The summed E-state index contributed by atoms with van der Waals surface area (Å²) in [4.78, 5) is 5.27. The number of benzene rings is 1. The third-order valence-electron chi connectivity index (χ3n) is 3.65. The van der Waals surface area contributed by atoms with Crippen LogP contribution in [0.1, 0.15) is 28.2 Å². The molecule has 0 bridgehead atoms. The lowest BCUT2D eigenvalue weighted by Crippen LogP contribution is -2.16. The summed E-state index contributed by atoms with van der Waals surface area (Å²) in [6.07, 6.45) is 2.71. The zero-order valence-corrected chi connectivity index (χ0v) is 14.7. The van der Waals surface area contributed by atoms with Crippen molar-refractivity contribution in [1.29, 1.82) is 0 Å². The Morgan fingerprint density at radius 1 is 1.10 bits per heavy atom. The monoisotopic (exact) mass is 364 g/mol. The molecule has 112 valence electrons. The minimum Gasteiger partial charge on any atom is -0.309 e. The Bertz CT molecular complexity index is 575. The van der Waals surface area contributed by atoms with Crippen molar-refractivity contribution in [1.82, 2.24) is 10.2 Å². The van der Waals surface area contributed by atoms with E-state index in [0.29, 0.717) is 0 Å². The number of hydrogen-bond acceptors (Lipinski definition) is 3. The van der Waals surface area contributed by atoms with Crippen LogP contribution in [0.5, 0.6) is 0 Å². The molecule has 1 fully saturated rings. The molecule has 1 saturated carbocycles. The fourth-order valence-electron chi connectivity index (χ4n) is 2.36. The molecule has 0 unspecified atom stereocenters. The van der Waals surface area contributed by atoms with Crippen molar-refractivity contribution in [3.8, 4) is 0 Å². The second-order valence-corrected chi connectivity index (χ2v) is 7.99. The van der Waals surface area contributed by atoms with Crippen molar-refractivity contribution in [3.63, 3.8) is 0 Å². The molecule has 0 spiro atoms. The molecule has 1 aromatic heterocycles. The number of nitrogens with zero attached hydrogens (tertiary/aromatic N) is 1. The molecule has 2 aromatic rings. The minimum atomic E-state index is 0.788. The number of rotatable bonds is 7. The smallest absolute Gasteiger partial charge is 0.0328 e. The maximum absolute atomic E-state index is 3.58. The maximum Gasteiger partial charge on any atom is 0.0328 e.